The van der Waals surface area contributed by atoms with Crippen LogP contribution < -0.4 is 5.32 Å². The number of hydrogen-bond donors (Lipinski definition) is 1. The van der Waals surface area contributed by atoms with Gasteiger partial charge >= 0.3 is 0 Å². The van der Waals surface area contributed by atoms with E-state index in [9.17, 15) is 0 Å². The highest BCUT2D eigenvalue weighted by Gasteiger charge is 2.28. The van der Waals surface area contributed by atoms with Crippen LogP contribution in [0.15, 0.2) is 60.7 Å². The minimum atomic E-state index is -1.71. The van der Waals surface area contributed by atoms with Gasteiger partial charge in [-0.1, -0.05) is 65.1 Å². The fourth-order valence-electron chi connectivity index (χ4n) is 2.56. The number of alkyl halides is 3. The van der Waals surface area contributed by atoms with Crippen LogP contribution in [-0.2, 0) is 3.79 Å². The average molecular weight is 390 g/mol. The molecule has 0 unspecified atom stereocenters. The smallest absolute Gasteiger partial charge is 0.250 e. The Bertz CT molecular complexity index is 1080. The first-order valence-corrected chi connectivity index (χ1v) is 8.61. The average Bonchev–Trinajstić information content (AvgIpc) is 2.61. The summed E-state index contributed by atoms with van der Waals surface area (Å²) in [7, 11) is 0. The van der Waals surface area contributed by atoms with Crippen LogP contribution in [0.2, 0.25) is 0 Å². The molecule has 0 aliphatic carbocycles. The number of nitrogens with zero attached hydrogens (tertiary/aromatic N) is 3. The third-order valence-electron chi connectivity index (χ3n) is 3.70. The Labute approximate surface area is 158 Å². The van der Waals surface area contributed by atoms with Gasteiger partial charge in [0.25, 0.3) is 0 Å². The number of halogens is 3. The highest BCUT2D eigenvalue weighted by Crippen LogP contribution is 2.38. The van der Waals surface area contributed by atoms with Gasteiger partial charge in [0.05, 0.1) is 11.0 Å². The summed E-state index contributed by atoms with van der Waals surface area (Å²) in [6.07, 6.45) is 0. The van der Waals surface area contributed by atoms with E-state index < -0.39 is 3.79 Å². The van der Waals surface area contributed by atoms with E-state index in [0.717, 1.165) is 16.3 Å². The first-order chi connectivity index (χ1) is 12.0. The molecule has 0 bridgehead atoms. The molecule has 0 fully saturated rings. The van der Waals surface area contributed by atoms with Gasteiger partial charge in [-0.3, -0.25) is 0 Å². The fraction of sp³-hybridized carbons (Fsp3) is 0.0556. The van der Waals surface area contributed by atoms with Crippen molar-refractivity contribution >= 4 is 68.2 Å². The van der Waals surface area contributed by atoms with E-state index in [4.69, 9.17) is 34.8 Å². The monoisotopic (exact) mass is 388 g/mol. The highest BCUT2D eigenvalue weighted by atomic mass is 35.6. The highest BCUT2D eigenvalue weighted by molar-refractivity contribution is 6.66. The molecule has 0 atom stereocenters. The van der Waals surface area contributed by atoms with Crippen molar-refractivity contribution in [2.24, 2.45) is 0 Å². The Morgan fingerprint density at radius 3 is 2.24 bits per heavy atom. The third kappa shape index (κ3) is 3.33. The molecule has 0 spiro atoms. The topological polar surface area (TPSA) is 50.7 Å². The van der Waals surface area contributed by atoms with Crippen LogP contribution in [0.25, 0.3) is 21.8 Å². The van der Waals surface area contributed by atoms with E-state index in [0.29, 0.717) is 17.2 Å². The predicted octanol–water partition coefficient (Wildman–Crippen LogP) is 5.75. The summed E-state index contributed by atoms with van der Waals surface area (Å²) < 4.78 is -1.71. The number of rotatable bonds is 2. The van der Waals surface area contributed by atoms with Gasteiger partial charge < -0.3 is 5.32 Å². The maximum Gasteiger partial charge on any atom is 0.250 e. The lowest BCUT2D eigenvalue weighted by molar-refractivity contribution is 0.998. The van der Waals surface area contributed by atoms with Crippen molar-refractivity contribution in [3.63, 3.8) is 0 Å². The number of aromatic nitrogens is 3. The van der Waals surface area contributed by atoms with Gasteiger partial charge in [0.15, 0.2) is 5.82 Å². The first kappa shape index (κ1) is 16.3. The van der Waals surface area contributed by atoms with Crippen molar-refractivity contribution in [1.29, 1.82) is 0 Å². The Kier molecular flexibility index (Phi) is 4.12. The van der Waals surface area contributed by atoms with Crippen LogP contribution in [0.4, 0.5) is 11.6 Å². The summed E-state index contributed by atoms with van der Waals surface area (Å²) in [4.78, 5) is 13.3. The Morgan fingerprint density at radius 2 is 1.44 bits per heavy atom. The Balaban J connectivity index is 1.84. The minimum absolute atomic E-state index is 0.111. The lowest BCUT2D eigenvalue weighted by Crippen LogP contribution is -2.10. The zero-order valence-corrected chi connectivity index (χ0v) is 15.0. The van der Waals surface area contributed by atoms with Crippen molar-refractivity contribution in [3.05, 3.63) is 66.5 Å². The number of nitrogens with one attached hydrogen (secondary N) is 1. The molecule has 1 N–H and O–H groups in total. The molecule has 25 heavy (non-hydrogen) atoms. The van der Waals surface area contributed by atoms with Crippen molar-refractivity contribution in [1.82, 2.24) is 15.0 Å². The van der Waals surface area contributed by atoms with Crippen molar-refractivity contribution in [2.45, 2.75) is 3.79 Å². The van der Waals surface area contributed by atoms with Crippen molar-refractivity contribution in [3.8, 4) is 0 Å². The van der Waals surface area contributed by atoms with Gasteiger partial charge in [-0.15, -0.1) is 0 Å². The summed E-state index contributed by atoms with van der Waals surface area (Å²) in [5.74, 6) is 1.30. The Hall–Kier alpha value is -2.14. The molecular formula is C18H11Cl3N4. The van der Waals surface area contributed by atoms with Crippen LogP contribution >= 0.6 is 34.8 Å². The summed E-state index contributed by atoms with van der Waals surface area (Å²) >= 11 is 17.9. The molecular weight excluding hydrogens is 379 g/mol. The van der Waals surface area contributed by atoms with Crippen LogP contribution in [-0.4, -0.2) is 15.0 Å². The molecule has 4 nitrogen and oxygen atoms in total. The van der Waals surface area contributed by atoms with Gasteiger partial charge in [0.1, 0.15) is 11.6 Å². The van der Waals surface area contributed by atoms with E-state index in [2.05, 4.69) is 20.3 Å². The van der Waals surface area contributed by atoms with Crippen molar-refractivity contribution < 1.29 is 0 Å². The zero-order chi connectivity index (χ0) is 17.4. The van der Waals surface area contributed by atoms with Crippen LogP contribution in [0.1, 0.15) is 5.82 Å². The molecule has 4 aromatic rings. The zero-order valence-electron chi connectivity index (χ0n) is 12.7. The SMILES string of the molecule is ClC(Cl)(Cl)c1nc(Nc2ccc3ccccc3n2)c2ccccc2n1. The molecule has 4 rings (SSSR count). The normalized spacial score (nSPS) is 11.8. The lowest BCUT2D eigenvalue weighted by Gasteiger charge is -2.14. The maximum absolute atomic E-state index is 5.97. The molecule has 2 aromatic heterocycles. The molecule has 0 amide bonds. The minimum Gasteiger partial charge on any atom is -0.324 e. The molecule has 0 saturated carbocycles. The second-order valence-electron chi connectivity index (χ2n) is 5.42. The number of pyridine rings is 1. The first-order valence-electron chi connectivity index (χ1n) is 7.47. The van der Waals surface area contributed by atoms with Gasteiger partial charge in [-0.05, 0) is 30.3 Å². The van der Waals surface area contributed by atoms with Gasteiger partial charge in [0.2, 0.25) is 3.79 Å². The number of hydrogen-bond acceptors (Lipinski definition) is 4. The largest absolute Gasteiger partial charge is 0.324 e. The molecule has 0 saturated heterocycles. The van der Waals surface area contributed by atoms with E-state index in [1.165, 1.54) is 0 Å². The Morgan fingerprint density at radius 1 is 0.720 bits per heavy atom. The third-order valence-corrected chi connectivity index (χ3v) is 4.21. The number of benzene rings is 2. The molecule has 2 aromatic carbocycles. The van der Waals surface area contributed by atoms with Crippen molar-refractivity contribution in [2.75, 3.05) is 5.32 Å². The van der Waals surface area contributed by atoms with E-state index >= 15 is 0 Å². The fourth-order valence-corrected chi connectivity index (χ4v) is 2.81. The summed E-state index contributed by atoms with van der Waals surface area (Å²) in [6.45, 7) is 0. The second-order valence-corrected chi connectivity index (χ2v) is 7.71. The van der Waals surface area contributed by atoms with Gasteiger partial charge in [-0.2, -0.15) is 0 Å². The van der Waals surface area contributed by atoms with E-state index in [1.54, 1.807) is 0 Å². The van der Waals surface area contributed by atoms with Gasteiger partial charge in [0, 0.05) is 10.8 Å². The number of para-hydroxylation sites is 2. The molecule has 0 aliphatic heterocycles. The van der Waals surface area contributed by atoms with E-state index in [-0.39, 0.29) is 5.82 Å². The summed E-state index contributed by atoms with van der Waals surface area (Å²) in [5, 5.41) is 5.09. The number of anilines is 2. The van der Waals surface area contributed by atoms with Gasteiger partial charge in [-0.25, -0.2) is 15.0 Å². The lowest BCUT2D eigenvalue weighted by atomic mass is 10.2. The summed E-state index contributed by atoms with van der Waals surface area (Å²) in [5.41, 5.74) is 1.56. The second kappa shape index (κ2) is 6.30. The molecule has 7 heteroatoms. The van der Waals surface area contributed by atoms with E-state index in [1.807, 2.05) is 60.7 Å². The molecule has 2 heterocycles. The standard InChI is InChI=1S/C18H11Cl3N4/c19-18(20,21)17-23-14-8-4-2-6-12(14)16(25-17)24-15-10-9-11-5-1-3-7-13(11)22-15/h1-10H,(H,22,23,24,25). The van der Waals surface area contributed by atoms with Crippen LogP contribution in [0.3, 0.4) is 0 Å². The van der Waals surface area contributed by atoms with Crippen LogP contribution in [0, 0.1) is 0 Å². The van der Waals surface area contributed by atoms with Crippen LogP contribution in [0.5, 0.6) is 0 Å². The summed E-state index contributed by atoms with van der Waals surface area (Å²) in [6, 6.07) is 19.3. The quantitative estimate of drug-likeness (QED) is 0.444. The maximum atomic E-state index is 5.97. The number of fused-ring (bicyclic) bond motifs is 2. The predicted molar refractivity (Wildman–Crippen MR) is 104 cm³/mol. The molecule has 0 aliphatic rings. The molecule has 124 valence electrons. The molecule has 0 radical (unpaired) electrons.